The van der Waals surface area contributed by atoms with Crippen LogP contribution in [0.1, 0.15) is 31.2 Å². The number of halogens is 4. The van der Waals surface area contributed by atoms with E-state index in [1.165, 1.54) is 4.90 Å². The fraction of sp³-hybridized carbons (Fsp3) is 0.650. The minimum absolute atomic E-state index is 0. The van der Waals surface area contributed by atoms with Crippen molar-refractivity contribution in [3.63, 3.8) is 0 Å². The van der Waals surface area contributed by atoms with Crippen LogP contribution in [0, 0.1) is 0 Å². The van der Waals surface area contributed by atoms with E-state index in [1.54, 1.807) is 13.2 Å². The van der Waals surface area contributed by atoms with Gasteiger partial charge in [0, 0.05) is 32.7 Å². The van der Waals surface area contributed by atoms with Crippen LogP contribution in [0.4, 0.5) is 13.2 Å². The van der Waals surface area contributed by atoms with Gasteiger partial charge < -0.3 is 15.4 Å². The van der Waals surface area contributed by atoms with E-state index in [1.807, 2.05) is 18.2 Å². The van der Waals surface area contributed by atoms with Crippen molar-refractivity contribution in [3.8, 4) is 5.75 Å². The van der Waals surface area contributed by atoms with Crippen LogP contribution in [0.15, 0.2) is 24.3 Å². The standard InChI is InChI=1S/C20H28F3N3O2.ClH/c1-28-16-6-4-5-15(13-16)19(7-2-3-8-19)18(27)25-14-17(20(21,22)23)26-11-9-24-10-12-26;/h4-6,13,17,24H,2-3,7-12,14H2,1H3,(H,25,27);1H. The van der Waals surface area contributed by atoms with Crippen molar-refractivity contribution in [1.82, 2.24) is 15.5 Å². The zero-order chi connectivity index (χ0) is 20.2. The topological polar surface area (TPSA) is 53.6 Å². The molecule has 1 atom stereocenters. The van der Waals surface area contributed by atoms with Crippen molar-refractivity contribution in [3.05, 3.63) is 29.8 Å². The molecule has 0 radical (unpaired) electrons. The van der Waals surface area contributed by atoms with E-state index in [2.05, 4.69) is 10.6 Å². The number of alkyl halides is 3. The average Bonchev–Trinajstić information content (AvgIpc) is 3.19. The molecule has 1 unspecified atom stereocenters. The van der Waals surface area contributed by atoms with Crippen LogP contribution in [0.2, 0.25) is 0 Å². The minimum Gasteiger partial charge on any atom is -0.497 e. The molecule has 164 valence electrons. The summed E-state index contributed by atoms with van der Waals surface area (Å²) in [6.45, 7) is 1.26. The lowest BCUT2D eigenvalue weighted by Gasteiger charge is -2.37. The Morgan fingerprint density at radius 2 is 1.93 bits per heavy atom. The minimum atomic E-state index is -4.39. The van der Waals surface area contributed by atoms with Gasteiger partial charge in [-0.05, 0) is 30.5 Å². The Kier molecular flexibility index (Phi) is 8.19. The molecular formula is C20H29ClF3N3O2. The molecule has 1 aliphatic heterocycles. The van der Waals surface area contributed by atoms with Crippen LogP contribution in [-0.2, 0) is 10.2 Å². The first-order valence-electron chi connectivity index (χ1n) is 9.81. The maximum Gasteiger partial charge on any atom is 0.405 e. The molecule has 0 bridgehead atoms. The summed E-state index contributed by atoms with van der Waals surface area (Å²) < 4.78 is 46.1. The van der Waals surface area contributed by atoms with Crippen molar-refractivity contribution in [2.45, 2.75) is 43.3 Å². The molecule has 1 heterocycles. The lowest BCUT2D eigenvalue weighted by Crippen LogP contribution is -2.58. The third-order valence-corrected chi connectivity index (χ3v) is 5.94. The number of nitrogens with zero attached hydrogens (tertiary/aromatic N) is 1. The first-order valence-corrected chi connectivity index (χ1v) is 9.81. The van der Waals surface area contributed by atoms with Gasteiger partial charge in [0.1, 0.15) is 11.8 Å². The number of carbonyl (C=O) groups is 1. The Bertz CT molecular complexity index is 675. The lowest BCUT2D eigenvalue weighted by atomic mass is 9.78. The highest BCUT2D eigenvalue weighted by Gasteiger charge is 2.46. The fourth-order valence-electron chi connectivity index (χ4n) is 4.35. The summed E-state index contributed by atoms with van der Waals surface area (Å²) in [4.78, 5) is 14.5. The molecule has 1 amide bonds. The molecule has 2 fully saturated rings. The quantitative estimate of drug-likeness (QED) is 0.721. The van der Waals surface area contributed by atoms with Crippen molar-refractivity contribution < 1.29 is 22.7 Å². The highest BCUT2D eigenvalue weighted by atomic mass is 35.5. The number of hydrogen-bond donors (Lipinski definition) is 2. The highest BCUT2D eigenvalue weighted by molar-refractivity contribution is 5.88. The zero-order valence-electron chi connectivity index (χ0n) is 16.6. The molecule has 2 N–H and O–H groups in total. The first-order chi connectivity index (χ1) is 13.4. The van der Waals surface area contributed by atoms with Crippen molar-refractivity contribution in [1.29, 1.82) is 0 Å². The second-order valence-corrected chi connectivity index (χ2v) is 7.57. The molecule has 3 rings (SSSR count). The Balaban J connectivity index is 0.00000300. The number of amides is 1. The summed E-state index contributed by atoms with van der Waals surface area (Å²) in [5.74, 6) is 0.327. The molecule has 29 heavy (non-hydrogen) atoms. The third kappa shape index (κ3) is 5.35. The van der Waals surface area contributed by atoms with Crippen LogP contribution >= 0.6 is 12.4 Å². The Morgan fingerprint density at radius 1 is 1.28 bits per heavy atom. The van der Waals surface area contributed by atoms with Crippen molar-refractivity contribution in [2.24, 2.45) is 0 Å². The van der Waals surface area contributed by atoms with E-state index >= 15 is 0 Å². The third-order valence-electron chi connectivity index (χ3n) is 5.94. The van der Waals surface area contributed by atoms with Gasteiger partial charge in [0.2, 0.25) is 5.91 Å². The van der Waals surface area contributed by atoms with E-state index in [9.17, 15) is 18.0 Å². The van der Waals surface area contributed by atoms with Gasteiger partial charge in [-0.3, -0.25) is 9.69 Å². The van der Waals surface area contributed by atoms with Gasteiger partial charge in [-0.1, -0.05) is 25.0 Å². The van der Waals surface area contributed by atoms with E-state index in [-0.39, 0.29) is 18.3 Å². The summed E-state index contributed by atoms with van der Waals surface area (Å²) in [5, 5.41) is 5.70. The number of ether oxygens (including phenoxy) is 1. The van der Waals surface area contributed by atoms with E-state index in [0.29, 0.717) is 44.8 Å². The number of carbonyl (C=O) groups excluding carboxylic acids is 1. The van der Waals surface area contributed by atoms with Crippen LogP contribution in [0.5, 0.6) is 5.75 Å². The van der Waals surface area contributed by atoms with Gasteiger partial charge >= 0.3 is 6.18 Å². The Labute approximate surface area is 175 Å². The van der Waals surface area contributed by atoms with Gasteiger partial charge in [-0.25, -0.2) is 0 Å². The summed E-state index contributed by atoms with van der Waals surface area (Å²) in [5.41, 5.74) is 0.0290. The number of methoxy groups -OCH3 is 1. The smallest absolute Gasteiger partial charge is 0.405 e. The van der Waals surface area contributed by atoms with E-state index in [0.717, 1.165) is 18.4 Å². The van der Waals surface area contributed by atoms with E-state index in [4.69, 9.17) is 4.74 Å². The molecule has 2 aliphatic rings. The van der Waals surface area contributed by atoms with Crippen LogP contribution in [0.3, 0.4) is 0 Å². The molecule has 0 aromatic heterocycles. The van der Waals surface area contributed by atoms with Crippen LogP contribution in [0.25, 0.3) is 0 Å². The summed E-state index contributed by atoms with van der Waals surface area (Å²) >= 11 is 0. The van der Waals surface area contributed by atoms with Crippen molar-refractivity contribution >= 4 is 18.3 Å². The molecule has 1 saturated heterocycles. The molecule has 1 aliphatic carbocycles. The van der Waals surface area contributed by atoms with Crippen LogP contribution in [-0.4, -0.2) is 62.9 Å². The van der Waals surface area contributed by atoms with Gasteiger partial charge in [0.15, 0.2) is 0 Å². The molecule has 1 saturated carbocycles. The highest BCUT2D eigenvalue weighted by Crippen LogP contribution is 2.42. The maximum atomic E-state index is 13.6. The number of piperazine rings is 1. The Morgan fingerprint density at radius 3 is 2.52 bits per heavy atom. The predicted octanol–water partition coefficient (Wildman–Crippen LogP) is 2.88. The number of rotatable bonds is 6. The SMILES string of the molecule is COc1cccc(C2(C(=O)NCC(N3CCNCC3)C(F)(F)F)CCCC2)c1.Cl. The second-order valence-electron chi connectivity index (χ2n) is 7.57. The largest absolute Gasteiger partial charge is 0.497 e. The molecular weight excluding hydrogens is 407 g/mol. The van der Waals surface area contributed by atoms with Crippen LogP contribution < -0.4 is 15.4 Å². The Hall–Kier alpha value is -1.51. The predicted molar refractivity (Wildman–Crippen MR) is 108 cm³/mol. The van der Waals surface area contributed by atoms with Gasteiger partial charge in [0.25, 0.3) is 0 Å². The fourth-order valence-corrected chi connectivity index (χ4v) is 4.35. The normalized spacial score (nSPS) is 20.6. The lowest BCUT2D eigenvalue weighted by molar-refractivity contribution is -0.184. The van der Waals surface area contributed by atoms with E-state index < -0.39 is 24.2 Å². The summed E-state index contributed by atoms with van der Waals surface area (Å²) in [6, 6.07) is 5.64. The molecule has 9 heteroatoms. The molecule has 5 nitrogen and oxygen atoms in total. The average molecular weight is 436 g/mol. The maximum absolute atomic E-state index is 13.6. The zero-order valence-corrected chi connectivity index (χ0v) is 17.4. The number of nitrogens with one attached hydrogen (secondary N) is 2. The summed E-state index contributed by atoms with van der Waals surface area (Å²) in [6.07, 6.45) is -1.35. The van der Waals surface area contributed by atoms with Gasteiger partial charge in [-0.2, -0.15) is 13.2 Å². The monoisotopic (exact) mass is 435 g/mol. The van der Waals surface area contributed by atoms with Gasteiger partial charge in [0.05, 0.1) is 12.5 Å². The summed E-state index contributed by atoms with van der Waals surface area (Å²) in [7, 11) is 1.56. The molecule has 1 aromatic carbocycles. The second kappa shape index (κ2) is 10.00. The molecule has 1 aromatic rings. The number of hydrogen-bond acceptors (Lipinski definition) is 4. The van der Waals surface area contributed by atoms with Gasteiger partial charge in [-0.15, -0.1) is 12.4 Å². The molecule has 0 spiro atoms. The first kappa shape index (κ1) is 23.8. The number of benzene rings is 1. The van der Waals surface area contributed by atoms with Crippen molar-refractivity contribution in [2.75, 3.05) is 39.8 Å².